The molecule has 19 heavy (non-hydrogen) atoms. The first kappa shape index (κ1) is 11.9. The molecule has 3 N–H and O–H groups in total. The minimum Gasteiger partial charge on any atom is -0.340 e. The van der Waals surface area contributed by atoms with Crippen LogP contribution in [0.5, 0.6) is 0 Å². The van der Waals surface area contributed by atoms with Gasteiger partial charge in [-0.1, -0.05) is 18.2 Å². The molecule has 1 aromatic carbocycles. The summed E-state index contributed by atoms with van der Waals surface area (Å²) in [5.41, 5.74) is 6.93. The van der Waals surface area contributed by atoms with E-state index < -0.39 is 0 Å². The summed E-state index contributed by atoms with van der Waals surface area (Å²) in [6.07, 6.45) is 2.77. The second kappa shape index (κ2) is 5.24. The Morgan fingerprint density at radius 1 is 1.21 bits per heavy atom. The first-order valence-electron chi connectivity index (χ1n) is 6.47. The van der Waals surface area contributed by atoms with Crippen molar-refractivity contribution in [2.45, 2.75) is 12.5 Å². The highest BCUT2D eigenvalue weighted by Gasteiger charge is 2.21. The average Bonchev–Trinajstić information content (AvgIpc) is 2.87. The molecule has 5 nitrogen and oxygen atoms in total. The fourth-order valence-electron chi connectivity index (χ4n) is 2.21. The lowest BCUT2D eigenvalue weighted by molar-refractivity contribution is 0.750. The molecule has 0 radical (unpaired) electrons. The Balaban J connectivity index is 1.76. The van der Waals surface area contributed by atoms with Gasteiger partial charge < -0.3 is 16.0 Å². The van der Waals surface area contributed by atoms with Crippen molar-refractivity contribution in [3.05, 3.63) is 42.6 Å². The van der Waals surface area contributed by atoms with Gasteiger partial charge in [0.2, 0.25) is 5.95 Å². The zero-order valence-electron chi connectivity index (χ0n) is 10.7. The molecule has 0 aliphatic carbocycles. The van der Waals surface area contributed by atoms with Gasteiger partial charge in [0, 0.05) is 31.0 Å². The number of para-hydroxylation sites is 1. The number of anilines is 3. The summed E-state index contributed by atoms with van der Waals surface area (Å²) in [5.74, 6) is 1.55. The first-order chi connectivity index (χ1) is 9.31. The van der Waals surface area contributed by atoms with Gasteiger partial charge in [0.05, 0.1) is 0 Å². The molecule has 1 unspecified atom stereocenters. The van der Waals surface area contributed by atoms with Crippen molar-refractivity contribution in [3.8, 4) is 0 Å². The molecule has 3 rings (SSSR count). The summed E-state index contributed by atoms with van der Waals surface area (Å²) in [4.78, 5) is 11.0. The van der Waals surface area contributed by atoms with Gasteiger partial charge in [-0.2, -0.15) is 4.98 Å². The number of aromatic nitrogens is 2. The molecule has 1 saturated heterocycles. The van der Waals surface area contributed by atoms with Gasteiger partial charge >= 0.3 is 0 Å². The van der Waals surface area contributed by atoms with Crippen LogP contribution >= 0.6 is 0 Å². The average molecular weight is 255 g/mol. The van der Waals surface area contributed by atoms with Crippen LogP contribution in [0.2, 0.25) is 0 Å². The molecule has 1 aliphatic rings. The van der Waals surface area contributed by atoms with Crippen LogP contribution < -0.4 is 16.0 Å². The van der Waals surface area contributed by atoms with Crippen LogP contribution in [0.1, 0.15) is 6.42 Å². The molecule has 2 aromatic rings. The maximum atomic E-state index is 5.91. The van der Waals surface area contributed by atoms with E-state index in [1.807, 2.05) is 36.4 Å². The molecule has 0 spiro atoms. The molecule has 98 valence electrons. The molecule has 2 heterocycles. The molecule has 5 heteroatoms. The third-order valence-corrected chi connectivity index (χ3v) is 3.20. The number of hydrogen-bond donors (Lipinski definition) is 2. The van der Waals surface area contributed by atoms with Gasteiger partial charge in [0.15, 0.2) is 0 Å². The van der Waals surface area contributed by atoms with Gasteiger partial charge in [0.25, 0.3) is 0 Å². The van der Waals surface area contributed by atoms with Crippen LogP contribution in [-0.4, -0.2) is 29.1 Å². The van der Waals surface area contributed by atoms with Crippen molar-refractivity contribution in [2.24, 2.45) is 5.73 Å². The summed E-state index contributed by atoms with van der Waals surface area (Å²) < 4.78 is 0. The molecule has 0 saturated carbocycles. The Morgan fingerprint density at radius 2 is 2.05 bits per heavy atom. The van der Waals surface area contributed by atoms with E-state index in [4.69, 9.17) is 5.73 Å². The maximum absolute atomic E-state index is 5.91. The van der Waals surface area contributed by atoms with E-state index >= 15 is 0 Å². The van der Waals surface area contributed by atoms with Crippen LogP contribution in [0.4, 0.5) is 17.5 Å². The Labute approximate surface area is 112 Å². The molecular weight excluding hydrogens is 238 g/mol. The van der Waals surface area contributed by atoms with E-state index in [-0.39, 0.29) is 6.04 Å². The van der Waals surface area contributed by atoms with Crippen molar-refractivity contribution in [3.63, 3.8) is 0 Å². The highest BCUT2D eigenvalue weighted by Crippen LogP contribution is 2.18. The van der Waals surface area contributed by atoms with Crippen LogP contribution in [0.3, 0.4) is 0 Å². The first-order valence-corrected chi connectivity index (χ1v) is 6.47. The Bertz CT molecular complexity index is 543. The van der Waals surface area contributed by atoms with E-state index in [1.165, 1.54) is 0 Å². The third-order valence-electron chi connectivity index (χ3n) is 3.20. The molecule has 0 bridgehead atoms. The number of hydrogen-bond acceptors (Lipinski definition) is 5. The Morgan fingerprint density at radius 3 is 2.79 bits per heavy atom. The quantitative estimate of drug-likeness (QED) is 0.874. The van der Waals surface area contributed by atoms with Gasteiger partial charge in [0.1, 0.15) is 5.82 Å². The van der Waals surface area contributed by atoms with Crippen LogP contribution in [0.15, 0.2) is 42.6 Å². The lowest BCUT2D eigenvalue weighted by Gasteiger charge is -2.16. The van der Waals surface area contributed by atoms with Crippen LogP contribution in [0, 0.1) is 0 Å². The van der Waals surface area contributed by atoms with E-state index in [2.05, 4.69) is 20.2 Å². The Kier molecular flexibility index (Phi) is 3.29. The summed E-state index contributed by atoms with van der Waals surface area (Å²) in [5, 5.41) is 3.27. The summed E-state index contributed by atoms with van der Waals surface area (Å²) in [7, 11) is 0. The maximum Gasteiger partial charge on any atom is 0.227 e. The summed E-state index contributed by atoms with van der Waals surface area (Å²) >= 11 is 0. The van der Waals surface area contributed by atoms with Crippen LogP contribution in [0.25, 0.3) is 0 Å². The van der Waals surface area contributed by atoms with Gasteiger partial charge in [-0.05, 0) is 24.6 Å². The lowest BCUT2D eigenvalue weighted by atomic mass is 10.3. The third kappa shape index (κ3) is 2.82. The minimum atomic E-state index is 0.231. The standard InChI is InChI=1S/C14H17N5/c15-11-7-9-19(10-11)14-16-8-6-13(18-14)17-12-4-2-1-3-5-12/h1-6,8,11H,7,9-10,15H2,(H,16,17,18). The van der Waals surface area contributed by atoms with Crippen molar-refractivity contribution in [1.82, 2.24) is 9.97 Å². The molecular formula is C14H17N5. The SMILES string of the molecule is NC1CCN(c2nccc(Nc3ccccc3)n2)C1. The molecule has 1 aliphatic heterocycles. The minimum absolute atomic E-state index is 0.231. The number of nitrogens with one attached hydrogen (secondary N) is 1. The van der Waals surface area contributed by atoms with E-state index in [0.717, 1.165) is 37.0 Å². The summed E-state index contributed by atoms with van der Waals surface area (Å²) in [6, 6.07) is 12.1. The number of rotatable bonds is 3. The van der Waals surface area contributed by atoms with Crippen molar-refractivity contribution in [1.29, 1.82) is 0 Å². The lowest BCUT2D eigenvalue weighted by Crippen LogP contribution is -2.27. The highest BCUT2D eigenvalue weighted by atomic mass is 15.3. The number of nitrogens with zero attached hydrogens (tertiary/aromatic N) is 3. The van der Waals surface area contributed by atoms with Crippen molar-refractivity contribution >= 4 is 17.5 Å². The zero-order chi connectivity index (χ0) is 13.1. The number of nitrogens with two attached hydrogens (primary N) is 1. The summed E-state index contributed by atoms with van der Waals surface area (Å²) in [6.45, 7) is 1.75. The molecule has 1 fully saturated rings. The Hall–Kier alpha value is -2.14. The van der Waals surface area contributed by atoms with Crippen molar-refractivity contribution in [2.75, 3.05) is 23.3 Å². The molecule has 1 aromatic heterocycles. The largest absolute Gasteiger partial charge is 0.340 e. The smallest absolute Gasteiger partial charge is 0.227 e. The number of benzene rings is 1. The normalized spacial score (nSPS) is 18.6. The molecule has 1 atom stereocenters. The monoisotopic (exact) mass is 255 g/mol. The predicted octanol–water partition coefficient (Wildman–Crippen LogP) is 1.76. The highest BCUT2D eigenvalue weighted by molar-refractivity contribution is 5.56. The van der Waals surface area contributed by atoms with Gasteiger partial charge in [-0.15, -0.1) is 0 Å². The van der Waals surface area contributed by atoms with E-state index in [0.29, 0.717) is 0 Å². The zero-order valence-corrected chi connectivity index (χ0v) is 10.7. The van der Waals surface area contributed by atoms with Gasteiger partial charge in [-0.25, -0.2) is 4.98 Å². The van der Waals surface area contributed by atoms with E-state index in [1.54, 1.807) is 6.20 Å². The van der Waals surface area contributed by atoms with Gasteiger partial charge in [-0.3, -0.25) is 0 Å². The fraction of sp³-hybridized carbons (Fsp3) is 0.286. The van der Waals surface area contributed by atoms with Crippen LogP contribution in [-0.2, 0) is 0 Å². The van der Waals surface area contributed by atoms with E-state index in [9.17, 15) is 0 Å². The fourth-order valence-corrected chi connectivity index (χ4v) is 2.21. The second-order valence-corrected chi connectivity index (χ2v) is 4.73. The van der Waals surface area contributed by atoms with Crippen molar-refractivity contribution < 1.29 is 0 Å². The predicted molar refractivity (Wildman–Crippen MR) is 76.6 cm³/mol. The topological polar surface area (TPSA) is 67.1 Å². The molecule has 0 amide bonds. The second-order valence-electron chi connectivity index (χ2n) is 4.73.